The van der Waals surface area contributed by atoms with Crippen molar-refractivity contribution < 1.29 is 23.8 Å². The molecule has 1 N–H and O–H groups in total. The summed E-state index contributed by atoms with van der Waals surface area (Å²) < 4.78 is 17.5. The highest BCUT2D eigenvalue weighted by molar-refractivity contribution is 9.10. The van der Waals surface area contributed by atoms with Crippen molar-refractivity contribution in [3.8, 4) is 17.2 Å². The number of hydrogen-bond donors (Lipinski definition) is 1. The summed E-state index contributed by atoms with van der Waals surface area (Å²) in [5.74, 6) is 1.97. The number of methoxy groups -OCH3 is 1. The molecule has 210 valence electrons. The van der Waals surface area contributed by atoms with E-state index in [2.05, 4.69) is 21.2 Å². The highest BCUT2D eigenvalue weighted by Gasteiger charge is 2.41. The van der Waals surface area contributed by atoms with Crippen LogP contribution in [0, 0.1) is 0 Å². The van der Waals surface area contributed by atoms with Crippen LogP contribution in [0.1, 0.15) is 50.7 Å². The third kappa shape index (κ3) is 7.51. The fraction of sp³-hybridized carbons (Fsp3) is 0.467. The van der Waals surface area contributed by atoms with Crippen molar-refractivity contribution in [2.75, 3.05) is 33.4 Å². The van der Waals surface area contributed by atoms with Crippen LogP contribution in [0.5, 0.6) is 17.2 Å². The lowest BCUT2D eigenvalue weighted by atomic mass is 9.93. The van der Waals surface area contributed by atoms with Crippen molar-refractivity contribution >= 4 is 45.6 Å². The molecule has 2 aliphatic rings. The van der Waals surface area contributed by atoms with Crippen LogP contribution in [0.2, 0.25) is 0 Å². The molecule has 1 saturated carbocycles. The maximum Gasteiger partial charge on any atom is 0.261 e. The molecular weight excluding hydrogens is 580 g/mol. The number of fused-ring (bicyclic) bond motifs is 1. The zero-order valence-corrected chi connectivity index (χ0v) is 25.2. The first kappa shape index (κ1) is 29.3. The van der Waals surface area contributed by atoms with Crippen LogP contribution in [0.4, 0.5) is 0 Å². The van der Waals surface area contributed by atoms with Crippen LogP contribution >= 0.6 is 27.7 Å². The molecule has 7 nitrogen and oxygen atoms in total. The van der Waals surface area contributed by atoms with E-state index in [0.717, 1.165) is 52.8 Å². The van der Waals surface area contributed by atoms with Crippen LogP contribution in [0.3, 0.4) is 0 Å². The van der Waals surface area contributed by atoms with E-state index >= 15 is 0 Å². The molecule has 2 atom stereocenters. The summed E-state index contributed by atoms with van der Waals surface area (Å²) in [4.78, 5) is 29.1. The SMILES string of the molecule is CCOc1ccc(CCNC(=O)CN2C(=O)/C(=C\c3ccc(OC)c(Br)c3)SC3CCCCC32)cc1OCC. The van der Waals surface area contributed by atoms with E-state index in [-0.39, 0.29) is 24.4 Å². The molecule has 2 aromatic rings. The van der Waals surface area contributed by atoms with Gasteiger partial charge in [-0.2, -0.15) is 0 Å². The highest BCUT2D eigenvalue weighted by atomic mass is 79.9. The summed E-state index contributed by atoms with van der Waals surface area (Å²) in [7, 11) is 1.63. The molecule has 4 rings (SSSR count). The fourth-order valence-corrected chi connectivity index (χ4v) is 7.12. The molecule has 0 aromatic heterocycles. The van der Waals surface area contributed by atoms with Gasteiger partial charge in [-0.05, 0) is 90.5 Å². The van der Waals surface area contributed by atoms with Crippen LogP contribution in [-0.2, 0) is 16.0 Å². The third-order valence-corrected chi connectivity index (χ3v) is 8.97. The normalized spacial score (nSPS) is 19.9. The average Bonchev–Trinajstić information content (AvgIpc) is 2.93. The van der Waals surface area contributed by atoms with E-state index in [9.17, 15) is 9.59 Å². The number of rotatable bonds is 11. The van der Waals surface area contributed by atoms with Gasteiger partial charge in [0.05, 0.1) is 29.7 Å². The molecule has 9 heteroatoms. The van der Waals surface area contributed by atoms with E-state index < -0.39 is 0 Å². The molecule has 1 aliphatic carbocycles. The Bertz CT molecular complexity index is 1200. The smallest absolute Gasteiger partial charge is 0.261 e. The Morgan fingerprint density at radius 1 is 1.08 bits per heavy atom. The lowest BCUT2D eigenvalue weighted by Gasteiger charge is -2.43. The lowest BCUT2D eigenvalue weighted by Crippen LogP contribution is -2.54. The van der Waals surface area contributed by atoms with Gasteiger partial charge in [-0.15, -0.1) is 11.8 Å². The molecule has 0 bridgehead atoms. The number of nitrogens with one attached hydrogen (secondary N) is 1. The molecule has 1 saturated heterocycles. The van der Waals surface area contributed by atoms with Gasteiger partial charge in [0.15, 0.2) is 11.5 Å². The van der Waals surface area contributed by atoms with Gasteiger partial charge in [0.2, 0.25) is 5.91 Å². The summed E-state index contributed by atoms with van der Waals surface area (Å²) in [6.07, 6.45) is 6.79. The van der Waals surface area contributed by atoms with Crippen LogP contribution in [0.15, 0.2) is 45.8 Å². The van der Waals surface area contributed by atoms with Crippen molar-refractivity contribution in [2.45, 2.75) is 57.2 Å². The minimum absolute atomic E-state index is 0.0671. The van der Waals surface area contributed by atoms with Gasteiger partial charge in [0, 0.05) is 17.8 Å². The van der Waals surface area contributed by atoms with E-state index in [0.29, 0.717) is 42.1 Å². The maximum atomic E-state index is 13.6. The Morgan fingerprint density at radius 3 is 2.56 bits per heavy atom. The average molecular weight is 618 g/mol. The first-order valence-electron chi connectivity index (χ1n) is 13.6. The monoisotopic (exact) mass is 616 g/mol. The van der Waals surface area contributed by atoms with Crippen LogP contribution < -0.4 is 19.5 Å². The molecule has 0 radical (unpaired) electrons. The maximum absolute atomic E-state index is 13.6. The highest BCUT2D eigenvalue weighted by Crippen LogP contribution is 2.42. The van der Waals surface area contributed by atoms with Crippen LogP contribution in [0.25, 0.3) is 6.08 Å². The minimum Gasteiger partial charge on any atom is -0.496 e. The first-order valence-corrected chi connectivity index (χ1v) is 15.3. The van der Waals surface area contributed by atoms with E-state index in [4.69, 9.17) is 14.2 Å². The van der Waals surface area contributed by atoms with Gasteiger partial charge >= 0.3 is 0 Å². The van der Waals surface area contributed by atoms with E-state index in [1.165, 1.54) is 0 Å². The number of carbonyl (C=O) groups is 2. The van der Waals surface area contributed by atoms with Gasteiger partial charge in [-0.25, -0.2) is 0 Å². The summed E-state index contributed by atoms with van der Waals surface area (Å²) in [5.41, 5.74) is 1.97. The van der Waals surface area contributed by atoms with E-state index in [1.54, 1.807) is 23.8 Å². The number of ether oxygens (including phenoxy) is 3. The van der Waals surface area contributed by atoms with Crippen molar-refractivity contribution in [1.29, 1.82) is 0 Å². The largest absolute Gasteiger partial charge is 0.496 e. The Labute approximate surface area is 243 Å². The second-order valence-corrected chi connectivity index (χ2v) is 11.7. The molecule has 0 spiro atoms. The van der Waals surface area contributed by atoms with Crippen molar-refractivity contribution in [1.82, 2.24) is 10.2 Å². The fourth-order valence-electron chi connectivity index (χ4n) is 5.09. The number of thioether (sulfide) groups is 1. The summed E-state index contributed by atoms with van der Waals surface area (Å²) in [5, 5.41) is 3.32. The number of amides is 2. The predicted octanol–water partition coefficient (Wildman–Crippen LogP) is 5.84. The van der Waals surface area contributed by atoms with Gasteiger partial charge in [0.25, 0.3) is 5.91 Å². The van der Waals surface area contributed by atoms with Crippen molar-refractivity contribution in [3.05, 3.63) is 56.9 Å². The molecule has 2 aromatic carbocycles. The number of halogens is 1. The molecular formula is C30H37BrN2O5S. The Balaban J connectivity index is 1.41. The Hall–Kier alpha value is -2.65. The minimum atomic E-state index is -0.137. The topological polar surface area (TPSA) is 77.1 Å². The number of nitrogens with zero attached hydrogens (tertiary/aromatic N) is 1. The second-order valence-electron chi connectivity index (χ2n) is 9.59. The number of carbonyl (C=O) groups excluding carboxylic acids is 2. The van der Waals surface area contributed by atoms with Gasteiger partial charge in [0.1, 0.15) is 12.3 Å². The molecule has 1 aliphatic heterocycles. The summed E-state index contributed by atoms with van der Waals surface area (Å²) >= 11 is 5.19. The Kier molecular flexibility index (Phi) is 10.6. The summed E-state index contributed by atoms with van der Waals surface area (Å²) in [6.45, 7) is 5.55. The zero-order chi connectivity index (χ0) is 27.8. The van der Waals surface area contributed by atoms with Crippen LogP contribution in [-0.4, -0.2) is 61.4 Å². The van der Waals surface area contributed by atoms with Gasteiger partial charge in [-0.1, -0.05) is 25.0 Å². The van der Waals surface area contributed by atoms with Crippen molar-refractivity contribution in [3.63, 3.8) is 0 Å². The van der Waals surface area contributed by atoms with E-state index in [1.807, 2.05) is 56.3 Å². The third-order valence-electron chi connectivity index (χ3n) is 6.95. The quantitative estimate of drug-likeness (QED) is 0.320. The molecule has 1 heterocycles. The van der Waals surface area contributed by atoms with Gasteiger partial charge in [-0.3, -0.25) is 9.59 Å². The molecule has 2 amide bonds. The number of hydrogen-bond acceptors (Lipinski definition) is 6. The summed E-state index contributed by atoms with van der Waals surface area (Å²) in [6, 6.07) is 11.7. The zero-order valence-electron chi connectivity index (χ0n) is 22.8. The van der Waals surface area contributed by atoms with Gasteiger partial charge < -0.3 is 24.4 Å². The molecule has 2 unspecified atom stereocenters. The van der Waals surface area contributed by atoms with Crippen molar-refractivity contribution in [2.24, 2.45) is 0 Å². The molecule has 39 heavy (non-hydrogen) atoms. The Morgan fingerprint density at radius 2 is 1.82 bits per heavy atom. The molecule has 2 fully saturated rings. The predicted molar refractivity (Wildman–Crippen MR) is 160 cm³/mol. The lowest BCUT2D eigenvalue weighted by molar-refractivity contribution is -0.135. The second kappa shape index (κ2) is 14.1. The number of benzene rings is 2. The standard InChI is InChI=1S/C30H37BrN2O5S/c1-4-37-25-13-10-20(17-26(25)38-5-2)14-15-32-29(34)19-33-23-8-6-7-9-27(23)39-28(30(33)35)18-21-11-12-24(36-3)22(31)16-21/h10-13,16-18,23,27H,4-9,14-15,19H2,1-3H3,(H,32,34)/b28-18+. The first-order chi connectivity index (χ1) is 18.9.